The Kier molecular flexibility index (Phi) is 5.07. The number of hydrogen-bond acceptors (Lipinski definition) is 4. The van der Waals surface area contributed by atoms with Gasteiger partial charge in [0.2, 0.25) is 0 Å². The molecule has 1 atom stereocenters. The molecule has 0 fully saturated rings. The van der Waals surface area contributed by atoms with Crippen LogP contribution in [-0.2, 0) is 6.54 Å². The number of anilines is 1. The number of hydrogen-bond donors (Lipinski definition) is 1. The molecule has 0 spiro atoms. The number of nitrogens with zero attached hydrogens (tertiary/aromatic N) is 3. The molecule has 1 heterocycles. The van der Waals surface area contributed by atoms with Crippen molar-refractivity contribution >= 4 is 23.5 Å². The number of nitrogens with one attached hydrogen (secondary N) is 1. The first-order valence-corrected chi connectivity index (χ1v) is 9.13. The zero-order valence-electron chi connectivity index (χ0n) is 14.8. The van der Waals surface area contributed by atoms with Crippen LogP contribution in [0.1, 0.15) is 11.1 Å². The van der Waals surface area contributed by atoms with Gasteiger partial charge in [-0.1, -0.05) is 41.9 Å². The van der Waals surface area contributed by atoms with Gasteiger partial charge in [-0.15, -0.1) is 0 Å². The van der Waals surface area contributed by atoms with Crippen molar-refractivity contribution < 1.29 is 4.39 Å². The molecule has 138 valence electrons. The Bertz CT molecular complexity index is 1190. The van der Waals surface area contributed by atoms with Gasteiger partial charge in [0.15, 0.2) is 6.29 Å². The smallest absolute Gasteiger partial charge is 0.181 e. The van der Waals surface area contributed by atoms with Gasteiger partial charge in [-0.3, -0.25) is 5.32 Å². The Morgan fingerprint density at radius 2 is 1.89 bits per heavy atom. The van der Waals surface area contributed by atoms with Crippen molar-refractivity contribution in [2.24, 2.45) is 4.99 Å². The molecular weight excluding hydrogens is 375 g/mol. The largest absolute Gasteiger partial charge is 0.311 e. The standard InChI is InChI=1S/C22H16ClFN4/c23-19-7-3-4-8-21(19)28-14-17-11-18(24)9-10-20(17)27-22(28)26-13-16-6-2-1-5-15(16)12-25/h1-11,14,22,26H,13H2. The number of fused-ring (bicyclic) bond motifs is 1. The van der Waals surface area contributed by atoms with Crippen LogP contribution in [0.25, 0.3) is 6.20 Å². The number of rotatable bonds is 4. The molecule has 0 radical (unpaired) electrons. The molecule has 0 saturated heterocycles. The monoisotopic (exact) mass is 390 g/mol. The van der Waals surface area contributed by atoms with Crippen molar-refractivity contribution in [2.75, 3.05) is 4.90 Å². The zero-order valence-corrected chi connectivity index (χ0v) is 15.6. The second-order valence-corrected chi connectivity index (χ2v) is 6.75. The normalized spacial score (nSPS) is 15.2. The molecule has 6 heteroatoms. The fourth-order valence-corrected chi connectivity index (χ4v) is 3.39. The molecule has 3 aromatic rings. The number of nitriles is 1. The summed E-state index contributed by atoms with van der Waals surface area (Å²) in [5.41, 5.74) is 2.25. The van der Waals surface area contributed by atoms with E-state index in [9.17, 15) is 9.65 Å². The lowest BCUT2D eigenvalue weighted by Gasteiger charge is -2.31. The molecule has 0 aromatic heterocycles. The molecule has 0 amide bonds. The Labute approximate surface area is 166 Å². The van der Waals surface area contributed by atoms with Gasteiger partial charge in [-0.05, 0) is 42.0 Å². The van der Waals surface area contributed by atoms with E-state index < -0.39 is 6.29 Å². The van der Waals surface area contributed by atoms with Gasteiger partial charge in [-0.25, -0.2) is 9.38 Å². The van der Waals surface area contributed by atoms with Crippen LogP contribution in [0.3, 0.4) is 0 Å². The van der Waals surface area contributed by atoms with E-state index >= 15 is 0 Å². The lowest BCUT2D eigenvalue weighted by atomic mass is 10.1. The summed E-state index contributed by atoms with van der Waals surface area (Å²) in [6.45, 7) is 0.448. The van der Waals surface area contributed by atoms with Gasteiger partial charge in [0, 0.05) is 18.0 Å². The predicted molar refractivity (Wildman–Crippen MR) is 107 cm³/mol. The second kappa shape index (κ2) is 7.81. The molecule has 4 rings (SSSR count). The number of halogens is 2. The highest BCUT2D eigenvalue weighted by Crippen LogP contribution is 2.27. The molecule has 28 heavy (non-hydrogen) atoms. The summed E-state index contributed by atoms with van der Waals surface area (Å²) in [6, 6.07) is 21.5. The molecule has 1 unspecified atom stereocenters. The maximum absolute atomic E-state index is 13.7. The highest BCUT2D eigenvalue weighted by molar-refractivity contribution is 6.33. The van der Waals surface area contributed by atoms with E-state index in [2.05, 4.69) is 11.4 Å². The Balaban J connectivity index is 1.73. The highest BCUT2D eigenvalue weighted by Gasteiger charge is 2.21. The molecule has 4 nitrogen and oxygen atoms in total. The fourth-order valence-electron chi connectivity index (χ4n) is 3.15. The first kappa shape index (κ1) is 18.2. The Hall–Kier alpha value is -3.20. The molecule has 1 N–H and O–H groups in total. The summed E-state index contributed by atoms with van der Waals surface area (Å²) in [6.07, 6.45) is 1.38. The quantitative estimate of drug-likeness (QED) is 0.743. The lowest BCUT2D eigenvalue weighted by molar-refractivity contribution is 0.523. The van der Waals surface area contributed by atoms with Crippen LogP contribution in [-0.4, -0.2) is 6.29 Å². The van der Waals surface area contributed by atoms with Crippen LogP contribution in [0.5, 0.6) is 0 Å². The molecular formula is C22H16ClFN4. The minimum atomic E-state index is -0.454. The van der Waals surface area contributed by atoms with E-state index in [0.717, 1.165) is 11.3 Å². The van der Waals surface area contributed by atoms with Crippen LogP contribution >= 0.6 is 11.6 Å². The summed E-state index contributed by atoms with van der Waals surface area (Å²) >= 11 is 6.40. The first-order valence-electron chi connectivity index (χ1n) is 8.75. The average molecular weight is 391 g/mol. The molecule has 0 bridgehead atoms. The van der Waals surface area contributed by atoms with E-state index in [4.69, 9.17) is 16.6 Å². The summed E-state index contributed by atoms with van der Waals surface area (Å²) in [4.78, 5) is 6.61. The third-order valence-corrected chi connectivity index (χ3v) is 4.86. The van der Waals surface area contributed by atoms with Crippen LogP contribution < -0.4 is 20.8 Å². The number of benzene rings is 3. The van der Waals surface area contributed by atoms with E-state index in [-0.39, 0.29) is 5.82 Å². The van der Waals surface area contributed by atoms with Crippen LogP contribution in [0.15, 0.2) is 71.7 Å². The van der Waals surface area contributed by atoms with E-state index in [0.29, 0.717) is 27.7 Å². The molecule has 3 aromatic carbocycles. The minimum absolute atomic E-state index is 0.321. The molecule has 0 aliphatic carbocycles. The topological polar surface area (TPSA) is 51.4 Å². The van der Waals surface area contributed by atoms with Crippen LogP contribution in [0.4, 0.5) is 10.1 Å². The van der Waals surface area contributed by atoms with Gasteiger partial charge in [0.25, 0.3) is 0 Å². The summed E-state index contributed by atoms with van der Waals surface area (Å²) in [5.74, 6) is -0.321. The molecule has 1 aliphatic rings. The molecule has 0 saturated carbocycles. The third-order valence-electron chi connectivity index (χ3n) is 4.54. The van der Waals surface area contributed by atoms with Crippen molar-refractivity contribution in [2.45, 2.75) is 12.8 Å². The number of para-hydroxylation sites is 1. The van der Waals surface area contributed by atoms with E-state index in [1.165, 1.54) is 12.1 Å². The van der Waals surface area contributed by atoms with Gasteiger partial charge in [0.05, 0.1) is 27.7 Å². The van der Waals surface area contributed by atoms with Gasteiger partial charge in [-0.2, -0.15) is 5.26 Å². The van der Waals surface area contributed by atoms with Crippen molar-refractivity contribution in [3.8, 4) is 6.07 Å². The minimum Gasteiger partial charge on any atom is -0.311 e. The van der Waals surface area contributed by atoms with Crippen LogP contribution in [0.2, 0.25) is 5.02 Å². The Morgan fingerprint density at radius 1 is 1.11 bits per heavy atom. The Morgan fingerprint density at radius 3 is 2.71 bits per heavy atom. The van der Waals surface area contributed by atoms with Crippen molar-refractivity contribution in [1.29, 1.82) is 5.26 Å². The van der Waals surface area contributed by atoms with E-state index in [1.54, 1.807) is 18.2 Å². The van der Waals surface area contributed by atoms with E-state index in [1.807, 2.05) is 47.5 Å². The first-order chi connectivity index (χ1) is 13.7. The summed E-state index contributed by atoms with van der Waals surface area (Å²) in [7, 11) is 0. The molecule has 1 aliphatic heterocycles. The third kappa shape index (κ3) is 3.61. The second-order valence-electron chi connectivity index (χ2n) is 6.34. The van der Waals surface area contributed by atoms with Gasteiger partial charge >= 0.3 is 0 Å². The predicted octanol–water partition coefficient (Wildman–Crippen LogP) is 3.30. The highest BCUT2D eigenvalue weighted by atomic mass is 35.5. The maximum atomic E-state index is 13.7. The SMILES string of the molecule is N#Cc1ccccc1CNC1N=c2ccc(F)cc2=CN1c1ccccc1Cl. The fraction of sp³-hybridized carbons (Fsp3) is 0.0909. The average Bonchev–Trinajstić information content (AvgIpc) is 2.72. The summed E-state index contributed by atoms with van der Waals surface area (Å²) in [5, 5.41) is 14.6. The van der Waals surface area contributed by atoms with Crippen molar-refractivity contribution in [1.82, 2.24) is 5.32 Å². The van der Waals surface area contributed by atoms with Crippen molar-refractivity contribution in [3.05, 3.63) is 99.3 Å². The lowest BCUT2D eigenvalue weighted by Crippen LogP contribution is -2.49. The van der Waals surface area contributed by atoms with Gasteiger partial charge in [0.1, 0.15) is 5.82 Å². The van der Waals surface area contributed by atoms with Crippen molar-refractivity contribution in [3.63, 3.8) is 0 Å². The van der Waals surface area contributed by atoms with Crippen LogP contribution in [0, 0.1) is 17.1 Å². The maximum Gasteiger partial charge on any atom is 0.181 e. The summed E-state index contributed by atoms with van der Waals surface area (Å²) < 4.78 is 13.7. The van der Waals surface area contributed by atoms with Gasteiger partial charge < -0.3 is 4.90 Å². The zero-order chi connectivity index (χ0) is 19.5.